The number of benzene rings is 1. The first-order chi connectivity index (χ1) is 14.4. The number of amides is 2. The van der Waals surface area contributed by atoms with Crippen molar-refractivity contribution in [3.05, 3.63) is 45.6 Å². The van der Waals surface area contributed by atoms with Gasteiger partial charge in [0.05, 0.1) is 15.5 Å². The highest BCUT2D eigenvalue weighted by Crippen LogP contribution is 2.38. The van der Waals surface area contributed by atoms with E-state index in [1.165, 1.54) is 15.6 Å². The third-order valence-electron chi connectivity index (χ3n) is 6.14. The highest BCUT2D eigenvalue weighted by Gasteiger charge is 2.34. The van der Waals surface area contributed by atoms with E-state index >= 15 is 0 Å². The lowest BCUT2D eigenvalue weighted by molar-refractivity contribution is -0.119. The van der Waals surface area contributed by atoms with Crippen LogP contribution in [0.2, 0.25) is 0 Å². The van der Waals surface area contributed by atoms with Gasteiger partial charge in [-0.2, -0.15) is 4.31 Å². The molecule has 158 valence electrons. The Morgan fingerprint density at radius 3 is 2.40 bits per heavy atom. The third kappa shape index (κ3) is 3.25. The van der Waals surface area contributed by atoms with Crippen molar-refractivity contribution < 1.29 is 18.0 Å². The molecule has 0 N–H and O–H groups in total. The standard InChI is InChI=1S/C21H23N3O4S2/c25-19-6-5-16-14-17(13-15-3-1-7-24(19)20(15)16)30(27,28)23-10-8-22(9-11-23)21(26)18-4-2-12-29-18/h2,4,12-14H,1,3,5-11H2. The summed E-state index contributed by atoms with van der Waals surface area (Å²) in [7, 11) is -3.64. The highest BCUT2D eigenvalue weighted by atomic mass is 32.2. The molecule has 9 heteroatoms. The van der Waals surface area contributed by atoms with Gasteiger partial charge in [0.15, 0.2) is 0 Å². The van der Waals surface area contributed by atoms with Crippen molar-refractivity contribution in [1.82, 2.24) is 9.21 Å². The predicted octanol–water partition coefficient (Wildman–Crippen LogP) is 2.12. The molecule has 0 saturated carbocycles. The van der Waals surface area contributed by atoms with Gasteiger partial charge >= 0.3 is 0 Å². The van der Waals surface area contributed by atoms with Crippen molar-refractivity contribution in [3.63, 3.8) is 0 Å². The van der Waals surface area contributed by atoms with Gasteiger partial charge in [0.1, 0.15) is 0 Å². The molecule has 7 nitrogen and oxygen atoms in total. The fourth-order valence-electron chi connectivity index (χ4n) is 4.61. The van der Waals surface area contributed by atoms with Crippen LogP contribution in [0, 0.1) is 0 Å². The average Bonchev–Trinajstić information content (AvgIpc) is 3.30. The van der Waals surface area contributed by atoms with Crippen LogP contribution in [0.25, 0.3) is 0 Å². The van der Waals surface area contributed by atoms with Crippen molar-refractivity contribution in [2.45, 2.75) is 30.6 Å². The number of thiophene rings is 1. The lowest BCUT2D eigenvalue weighted by Gasteiger charge is -2.36. The molecular formula is C21H23N3O4S2. The van der Waals surface area contributed by atoms with E-state index in [1.807, 2.05) is 16.3 Å². The molecule has 0 bridgehead atoms. The van der Waals surface area contributed by atoms with Crippen LogP contribution < -0.4 is 4.90 Å². The first kappa shape index (κ1) is 19.7. The van der Waals surface area contributed by atoms with Gasteiger partial charge in [-0.1, -0.05) is 6.07 Å². The Balaban J connectivity index is 1.38. The molecular weight excluding hydrogens is 422 g/mol. The molecule has 0 spiro atoms. The molecule has 1 fully saturated rings. The maximum Gasteiger partial charge on any atom is 0.264 e. The molecule has 0 unspecified atom stereocenters. The number of rotatable bonds is 3. The van der Waals surface area contributed by atoms with Gasteiger partial charge in [-0.05, 0) is 54.0 Å². The molecule has 3 aliphatic heterocycles. The van der Waals surface area contributed by atoms with Crippen LogP contribution in [0.3, 0.4) is 0 Å². The molecule has 4 heterocycles. The summed E-state index contributed by atoms with van der Waals surface area (Å²) in [5, 5.41) is 1.87. The van der Waals surface area contributed by atoms with Crippen LogP contribution in [0.5, 0.6) is 0 Å². The number of aryl methyl sites for hydroxylation is 2. The number of anilines is 1. The quantitative estimate of drug-likeness (QED) is 0.725. The summed E-state index contributed by atoms with van der Waals surface area (Å²) in [5.41, 5.74) is 2.84. The van der Waals surface area contributed by atoms with E-state index in [0.717, 1.165) is 29.7 Å². The zero-order chi connectivity index (χ0) is 20.9. The second-order valence-corrected chi connectivity index (χ2v) is 10.8. The zero-order valence-electron chi connectivity index (χ0n) is 16.5. The Morgan fingerprint density at radius 1 is 0.967 bits per heavy atom. The van der Waals surface area contributed by atoms with Crippen LogP contribution in [0.1, 0.15) is 33.6 Å². The Morgan fingerprint density at radius 2 is 1.70 bits per heavy atom. The van der Waals surface area contributed by atoms with Crippen LogP contribution in [-0.2, 0) is 27.7 Å². The van der Waals surface area contributed by atoms with Gasteiger partial charge in [-0.3, -0.25) is 9.59 Å². The fourth-order valence-corrected chi connectivity index (χ4v) is 6.82. The van der Waals surface area contributed by atoms with Gasteiger partial charge in [0, 0.05) is 39.1 Å². The number of carbonyl (C=O) groups is 2. The summed E-state index contributed by atoms with van der Waals surface area (Å²) in [5.74, 6) is 0.0932. The molecule has 5 rings (SSSR count). The Bertz CT molecular complexity index is 1090. The number of carbonyl (C=O) groups excluding carboxylic acids is 2. The normalized spacial score (nSPS) is 19.7. The van der Waals surface area contributed by atoms with Crippen molar-refractivity contribution in [1.29, 1.82) is 0 Å². The van der Waals surface area contributed by atoms with Crippen LogP contribution in [0.4, 0.5) is 5.69 Å². The van der Waals surface area contributed by atoms with E-state index in [9.17, 15) is 18.0 Å². The Labute approximate surface area is 179 Å². The zero-order valence-corrected chi connectivity index (χ0v) is 18.2. The minimum Gasteiger partial charge on any atom is -0.335 e. The summed E-state index contributed by atoms with van der Waals surface area (Å²) >= 11 is 1.40. The van der Waals surface area contributed by atoms with Gasteiger partial charge in [0.25, 0.3) is 5.91 Å². The van der Waals surface area contributed by atoms with Gasteiger partial charge in [-0.15, -0.1) is 11.3 Å². The summed E-state index contributed by atoms with van der Waals surface area (Å²) in [4.78, 5) is 29.3. The van der Waals surface area contributed by atoms with E-state index in [2.05, 4.69) is 0 Å². The highest BCUT2D eigenvalue weighted by molar-refractivity contribution is 7.89. The minimum atomic E-state index is -3.64. The van der Waals surface area contributed by atoms with Crippen molar-refractivity contribution in [3.8, 4) is 0 Å². The van der Waals surface area contributed by atoms with Crippen molar-refractivity contribution in [2.75, 3.05) is 37.6 Å². The van der Waals surface area contributed by atoms with E-state index in [-0.39, 0.29) is 24.9 Å². The summed E-state index contributed by atoms with van der Waals surface area (Å²) in [6.07, 6.45) is 2.66. The monoisotopic (exact) mass is 445 g/mol. The number of piperazine rings is 1. The van der Waals surface area contributed by atoms with E-state index in [1.54, 1.807) is 23.1 Å². The van der Waals surface area contributed by atoms with E-state index < -0.39 is 10.0 Å². The Kier molecular flexibility index (Phi) is 4.91. The maximum absolute atomic E-state index is 13.4. The molecule has 2 aromatic rings. The molecule has 0 aliphatic carbocycles. The van der Waals surface area contributed by atoms with Gasteiger partial charge in [0.2, 0.25) is 15.9 Å². The number of sulfonamides is 1. The molecule has 30 heavy (non-hydrogen) atoms. The summed E-state index contributed by atoms with van der Waals surface area (Å²) in [6.45, 7) is 2.06. The first-order valence-electron chi connectivity index (χ1n) is 10.2. The maximum atomic E-state index is 13.4. The second kappa shape index (κ2) is 7.47. The topological polar surface area (TPSA) is 78.0 Å². The number of hydrogen-bond donors (Lipinski definition) is 0. The molecule has 2 amide bonds. The number of nitrogens with zero attached hydrogens (tertiary/aromatic N) is 3. The molecule has 0 atom stereocenters. The van der Waals surface area contributed by atoms with Crippen LogP contribution in [0.15, 0.2) is 34.5 Å². The van der Waals surface area contributed by atoms with Gasteiger partial charge < -0.3 is 9.80 Å². The van der Waals surface area contributed by atoms with Crippen molar-refractivity contribution in [2.24, 2.45) is 0 Å². The van der Waals surface area contributed by atoms with Crippen LogP contribution in [-0.4, -0.2) is 62.2 Å². The first-order valence-corrected chi connectivity index (χ1v) is 12.6. The third-order valence-corrected chi connectivity index (χ3v) is 8.88. The van der Waals surface area contributed by atoms with E-state index in [4.69, 9.17) is 0 Å². The molecule has 1 aromatic carbocycles. The van der Waals surface area contributed by atoms with Crippen LogP contribution >= 0.6 is 11.3 Å². The predicted molar refractivity (Wildman–Crippen MR) is 114 cm³/mol. The smallest absolute Gasteiger partial charge is 0.264 e. The second-order valence-electron chi connectivity index (χ2n) is 7.91. The minimum absolute atomic E-state index is 0.0370. The summed E-state index contributed by atoms with van der Waals surface area (Å²) < 4.78 is 28.2. The molecule has 0 radical (unpaired) electrons. The van der Waals surface area contributed by atoms with Crippen molar-refractivity contribution >= 4 is 38.9 Å². The largest absolute Gasteiger partial charge is 0.335 e. The molecule has 3 aliphatic rings. The Hall–Kier alpha value is -2.23. The molecule has 1 aromatic heterocycles. The summed E-state index contributed by atoms with van der Waals surface area (Å²) in [6, 6.07) is 7.14. The van der Waals surface area contributed by atoms with E-state index in [0.29, 0.717) is 42.2 Å². The average molecular weight is 446 g/mol. The fraction of sp³-hybridized carbons (Fsp3) is 0.429. The lowest BCUT2D eigenvalue weighted by Crippen LogP contribution is -2.50. The molecule has 1 saturated heterocycles. The SMILES string of the molecule is O=C(c1cccs1)N1CCN(S(=O)(=O)c2cc3c4c(c2)CCC(=O)N4CCC3)CC1. The lowest BCUT2D eigenvalue weighted by atomic mass is 9.92. The van der Waals surface area contributed by atoms with Gasteiger partial charge in [-0.25, -0.2) is 8.42 Å². The number of hydrogen-bond acceptors (Lipinski definition) is 5.